The van der Waals surface area contributed by atoms with E-state index in [0.717, 1.165) is 25.9 Å². The zero-order chi connectivity index (χ0) is 12.4. The molecule has 0 radical (unpaired) electrons. The molecule has 19 heavy (non-hydrogen) atoms. The standard InChI is InChI=1S/C13H16N2O3.ClH/c16-13(15-10-2-1-5-14-7-10)9-3-4-11-12(6-9)18-8-17-11;/h3-4,6,10,14H,1-2,5,7-8H2,(H,15,16);1H/t10-;/m1./s1. The zero-order valence-electron chi connectivity index (χ0n) is 10.5. The summed E-state index contributed by atoms with van der Waals surface area (Å²) >= 11 is 0. The fourth-order valence-electron chi connectivity index (χ4n) is 2.28. The molecule has 1 aromatic carbocycles. The predicted octanol–water partition coefficient (Wildman–Crippen LogP) is 1.32. The van der Waals surface area contributed by atoms with Gasteiger partial charge in [-0.2, -0.15) is 0 Å². The van der Waals surface area contributed by atoms with Crippen molar-refractivity contribution in [2.45, 2.75) is 18.9 Å². The molecule has 0 bridgehead atoms. The fraction of sp³-hybridized carbons (Fsp3) is 0.462. The second-order valence-corrected chi connectivity index (χ2v) is 4.58. The number of hydrogen-bond donors (Lipinski definition) is 2. The molecule has 2 heterocycles. The highest BCUT2D eigenvalue weighted by Crippen LogP contribution is 2.32. The minimum Gasteiger partial charge on any atom is -0.454 e. The van der Waals surface area contributed by atoms with E-state index < -0.39 is 0 Å². The topological polar surface area (TPSA) is 59.6 Å². The van der Waals surface area contributed by atoms with Crippen molar-refractivity contribution in [1.82, 2.24) is 10.6 Å². The van der Waals surface area contributed by atoms with Crippen molar-refractivity contribution in [3.63, 3.8) is 0 Å². The molecule has 1 atom stereocenters. The minimum absolute atomic E-state index is 0. The van der Waals surface area contributed by atoms with Crippen LogP contribution in [0.15, 0.2) is 18.2 Å². The normalized spacial score (nSPS) is 20.5. The number of halogens is 1. The third-order valence-corrected chi connectivity index (χ3v) is 3.27. The van der Waals surface area contributed by atoms with Gasteiger partial charge in [0.25, 0.3) is 5.91 Å². The molecule has 1 saturated heterocycles. The summed E-state index contributed by atoms with van der Waals surface area (Å²) < 4.78 is 10.5. The molecular formula is C13H17ClN2O3. The van der Waals surface area contributed by atoms with Crippen LogP contribution in [0.1, 0.15) is 23.2 Å². The first-order chi connectivity index (χ1) is 8.83. The summed E-state index contributed by atoms with van der Waals surface area (Å²) in [6, 6.07) is 5.49. The van der Waals surface area contributed by atoms with Crippen LogP contribution < -0.4 is 20.1 Å². The van der Waals surface area contributed by atoms with E-state index in [1.165, 1.54) is 0 Å². The molecule has 3 rings (SSSR count). The molecule has 0 saturated carbocycles. The van der Waals surface area contributed by atoms with Gasteiger partial charge >= 0.3 is 0 Å². The highest BCUT2D eigenvalue weighted by atomic mass is 35.5. The summed E-state index contributed by atoms with van der Waals surface area (Å²) in [5.41, 5.74) is 0.616. The van der Waals surface area contributed by atoms with E-state index in [1.54, 1.807) is 18.2 Å². The van der Waals surface area contributed by atoms with Crippen LogP contribution >= 0.6 is 12.4 Å². The van der Waals surface area contributed by atoms with Crippen LogP contribution in [0.3, 0.4) is 0 Å². The van der Waals surface area contributed by atoms with Gasteiger partial charge in [0.15, 0.2) is 11.5 Å². The van der Waals surface area contributed by atoms with Gasteiger partial charge in [-0.05, 0) is 37.6 Å². The molecule has 1 fully saturated rings. The number of hydrogen-bond acceptors (Lipinski definition) is 4. The highest BCUT2D eigenvalue weighted by Gasteiger charge is 2.19. The summed E-state index contributed by atoms with van der Waals surface area (Å²) in [7, 11) is 0. The van der Waals surface area contributed by atoms with Crippen molar-refractivity contribution in [3.8, 4) is 11.5 Å². The molecule has 0 aromatic heterocycles. The van der Waals surface area contributed by atoms with E-state index in [0.29, 0.717) is 17.1 Å². The Morgan fingerprint density at radius 1 is 1.32 bits per heavy atom. The summed E-state index contributed by atoms with van der Waals surface area (Å²) in [6.45, 7) is 2.11. The third-order valence-electron chi connectivity index (χ3n) is 3.27. The zero-order valence-corrected chi connectivity index (χ0v) is 11.3. The second kappa shape index (κ2) is 6.12. The van der Waals surface area contributed by atoms with Crippen LogP contribution in [-0.4, -0.2) is 31.8 Å². The second-order valence-electron chi connectivity index (χ2n) is 4.58. The van der Waals surface area contributed by atoms with Gasteiger partial charge in [-0.15, -0.1) is 12.4 Å². The largest absolute Gasteiger partial charge is 0.454 e. The van der Waals surface area contributed by atoms with Crippen LogP contribution in [0.25, 0.3) is 0 Å². The first-order valence-corrected chi connectivity index (χ1v) is 6.24. The Hall–Kier alpha value is -1.46. The number of carbonyl (C=O) groups is 1. The number of fused-ring (bicyclic) bond motifs is 1. The maximum atomic E-state index is 12.1. The molecule has 2 N–H and O–H groups in total. The Labute approximate surface area is 118 Å². The minimum atomic E-state index is -0.0537. The highest BCUT2D eigenvalue weighted by molar-refractivity contribution is 5.95. The number of piperidine rings is 1. The maximum Gasteiger partial charge on any atom is 0.251 e. The Morgan fingerprint density at radius 3 is 2.95 bits per heavy atom. The number of rotatable bonds is 2. The van der Waals surface area contributed by atoms with Crippen molar-refractivity contribution >= 4 is 18.3 Å². The summed E-state index contributed by atoms with van der Waals surface area (Å²) in [6.07, 6.45) is 2.13. The number of benzene rings is 1. The van der Waals surface area contributed by atoms with Crippen molar-refractivity contribution in [2.24, 2.45) is 0 Å². The van der Waals surface area contributed by atoms with Crippen LogP contribution in [-0.2, 0) is 0 Å². The first kappa shape index (κ1) is 14.0. The summed E-state index contributed by atoms with van der Waals surface area (Å²) in [5, 5.41) is 6.30. The molecule has 2 aliphatic rings. The average Bonchev–Trinajstić information content (AvgIpc) is 2.87. The van der Waals surface area contributed by atoms with Crippen LogP contribution in [0.4, 0.5) is 0 Å². The van der Waals surface area contributed by atoms with E-state index in [1.807, 2.05) is 0 Å². The van der Waals surface area contributed by atoms with E-state index in [2.05, 4.69) is 10.6 Å². The molecule has 2 aliphatic heterocycles. The molecule has 0 spiro atoms. The monoisotopic (exact) mass is 284 g/mol. The van der Waals surface area contributed by atoms with E-state index in [-0.39, 0.29) is 31.1 Å². The third kappa shape index (κ3) is 3.11. The van der Waals surface area contributed by atoms with Crippen LogP contribution in [0.5, 0.6) is 11.5 Å². The molecule has 5 nitrogen and oxygen atoms in total. The molecule has 1 amide bonds. The van der Waals surface area contributed by atoms with Crippen molar-refractivity contribution in [2.75, 3.05) is 19.9 Å². The van der Waals surface area contributed by atoms with E-state index in [4.69, 9.17) is 9.47 Å². The van der Waals surface area contributed by atoms with Crippen molar-refractivity contribution < 1.29 is 14.3 Å². The summed E-state index contributed by atoms with van der Waals surface area (Å²) in [4.78, 5) is 12.1. The van der Waals surface area contributed by atoms with Gasteiger partial charge < -0.3 is 20.1 Å². The van der Waals surface area contributed by atoms with Crippen molar-refractivity contribution in [3.05, 3.63) is 23.8 Å². The van der Waals surface area contributed by atoms with Crippen LogP contribution in [0, 0.1) is 0 Å². The quantitative estimate of drug-likeness (QED) is 0.860. The fourth-order valence-corrected chi connectivity index (χ4v) is 2.28. The molecule has 0 aliphatic carbocycles. The van der Waals surface area contributed by atoms with Gasteiger partial charge in [0, 0.05) is 18.2 Å². The Balaban J connectivity index is 0.00000133. The van der Waals surface area contributed by atoms with E-state index in [9.17, 15) is 4.79 Å². The van der Waals surface area contributed by atoms with Gasteiger partial charge in [0.1, 0.15) is 0 Å². The molecular weight excluding hydrogens is 268 g/mol. The number of nitrogens with one attached hydrogen (secondary N) is 2. The number of amides is 1. The molecule has 1 aromatic rings. The SMILES string of the molecule is Cl.O=C(N[C@@H]1CCCNC1)c1ccc2c(c1)OCO2. The Kier molecular flexibility index (Phi) is 4.50. The lowest BCUT2D eigenvalue weighted by Crippen LogP contribution is -2.45. The Morgan fingerprint density at radius 2 is 2.16 bits per heavy atom. The van der Waals surface area contributed by atoms with Gasteiger partial charge in [0.05, 0.1) is 0 Å². The van der Waals surface area contributed by atoms with Crippen molar-refractivity contribution in [1.29, 1.82) is 0 Å². The number of carbonyl (C=O) groups excluding carboxylic acids is 1. The summed E-state index contributed by atoms with van der Waals surface area (Å²) in [5.74, 6) is 1.29. The lowest BCUT2D eigenvalue weighted by molar-refractivity contribution is 0.0930. The van der Waals surface area contributed by atoms with Crippen LogP contribution in [0.2, 0.25) is 0 Å². The first-order valence-electron chi connectivity index (χ1n) is 6.24. The Bertz CT molecular complexity index is 461. The van der Waals surface area contributed by atoms with Gasteiger partial charge in [-0.25, -0.2) is 0 Å². The van der Waals surface area contributed by atoms with Gasteiger partial charge in [-0.1, -0.05) is 0 Å². The number of ether oxygens (including phenoxy) is 2. The predicted molar refractivity (Wildman–Crippen MR) is 73.2 cm³/mol. The van der Waals surface area contributed by atoms with Gasteiger partial charge in [-0.3, -0.25) is 4.79 Å². The molecule has 104 valence electrons. The average molecular weight is 285 g/mol. The smallest absolute Gasteiger partial charge is 0.251 e. The lowest BCUT2D eigenvalue weighted by Gasteiger charge is -2.23. The lowest BCUT2D eigenvalue weighted by atomic mass is 10.1. The van der Waals surface area contributed by atoms with E-state index >= 15 is 0 Å². The maximum absolute atomic E-state index is 12.1. The van der Waals surface area contributed by atoms with Gasteiger partial charge in [0.2, 0.25) is 6.79 Å². The molecule has 6 heteroatoms. The molecule has 0 unspecified atom stereocenters.